The van der Waals surface area contributed by atoms with Gasteiger partial charge in [-0.05, 0) is 48.9 Å². The van der Waals surface area contributed by atoms with E-state index >= 15 is 0 Å². The maximum atomic E-state index is 14.6. The molecule has 2 aromatic carbocycles. The number of aromatic nitrogens is 2. The standard InChI is InChI=1S/C24H20F6N4O3S.FH.H2/c1-12-18(26)8-20(34(12)38(36,37)17-4-2-16(25)3-5-17)24(35)33-9-14-6-13(7-19(27)21(14)28)15-10-31-23(22(29)30)32-11-15;;/h2-7,10-12,18,20,22H,8-9H2,1H3,(H,33,35);2*1H/t12-,18+,20-;;/m0../s1. The molecule has 0 bridgehead atoms. The summed E-state index contributed by atoms with van der Waals surface area (Å²) < 4.78 is 109. The number of sulfonamides is 1. The zero-order valence-electron chi connectivity index (χ0n) is 20.0. The number of amides is 1. The Labute approximate surface area is 219 Å². The minimum atomic E-state index is -4.42. The molecule has 1 amide bonds. The molecule has 3 atom stereocenters. The van der Waals surface area contributed by atoms with E-state index in [0.29, 0.717) is 4.31 Å². The summed E-state index contributed by atoms with van der Waals surface area (Å²) in [5.74, 6) is -5.01. The van der Waals surface area contributed by atoms with Crippen molar-refractivity contribution in [3.63, 3.8) is 0 Å². The van der Waals surface area contributed by atoms with E-state index in [1.165, 1.54) is 6.92 Å². The average molecular weight is 581 g/mol. The highest BCUT2D eigenvalue weighted by atomic mass is 32.2. The van der Waals surface area contributed by atoms with Gasteiger partial charge in [-0.15, -0.1) is 0 Å². The fourth-order valence-corrected chi connectivity index (χ4v) is 5.95. The minimum Gasteiger partial charge on any atom is -0.351 e. The number of nitrogens with zero attached hydrogens (tertiary/aromatic N) is 3. The van der Waals surface area contributed by atoms with Gasteiger partial charge in [0, 0.05) is 37.9 Å². The highest BCUT2D eigenvalue weighted by Gasteiger charge is 2.49. The zero-order chi connectivity index (χ0) is 27.8. The van der Waals surface area contributed by atoms with Gasteiger partial charge in [-0.25, -0.2) is 44.7 Å². The summed E-state index contributed by atoms with van der Waals surface area (Å²) in [6.45, 7) is 0.677. The number of carbonyl (C=O) groups excluding carboxylic acids is 1. The molecule has 0 spiro atoms. The van der Waals surface area contributed by atoms with Gasteiger partial charge in [0.15, 0.2) is 17.5 Å². The molecule has 7 nitrogen and oxygen atoms in total. The van der Waals surface area contributed by atoms with Crippen LogP contribution in [0.15, 0.2) is 53.7 Å². The van der Waals surface area contributed by atoms with Gasteiger partial charge in [0.1, 0.15) is 18.0 Å². The Balaban J connectivity index is 0.00000280. The summed E-state index contributed by atoms with van der Waals surface area (Å²) >= 11 is 0. The van der Waals surface area contributed by atoms with E-state index in [-0.39, 0.29) is 27.7 Å². The molecule has 1 aromatic heterocycles. The van der Waals surface area contributed by atoms with E-state index in [0.717, 1.165) is 48.8 Å². The Morgan fingerprint density at radius 1 is 1.10 bits per heavy atom. The summed E-state index contributed by atoms with van der Waals surface area (Å²) in [6.07, 6.45) is -3.10. The monoisotopic (exact) mass is 580 g/mol. The molecule has 2 heterocycles. The number of rotatable bonds is 7. The molecule has 1 fully saturated rings. The normalized spacial score (nSPS) is 19.6. The summed E-state index contributed by atoms with van der Waals surface area (Å²) in [4.78, 5) is 19.5. The fraction of sp³-hybridized carbons (Fsp3) is 0.292. The summed E-state index contributed by atoms with van der Waals surface area (Å²) in [7, 11) is -4.42. The molecule has 1 N–H and O–H groups in total. The molecule has 4 rings (SSSR count). The first-order valence-corrected chi connectivity index (χ1v) is 12.6. The third kappa shape index (κ3) is 6.03. The molecule has 1 aliphatic heterocycles. The molecule has 0 aliphatic carbocycles. The van der Waals surface area contributed by atoms with Crippen LogP contribution in [0.3, 0.4) is 0 Å². The minimum absolute atomic E-state index is 0. The highest BCUT2D eigenvalue weighted by Crippen LogP contribution is 2.33. The largest absolute Gasteiger partial charge is 0.351 e. The fourth-order valence-electron chi connectivity index (χ4n) is 4.14. The summed E-state index contributed by atoms with van der Waals surface area (Å²) in [5, 5.41) is 2.31. The van der Waals surface area contributed by atoms with E-state index in [9.17, 15) is 39.6 Å². The Bertz CT molecular complexity index is 1450. The van der Waals surface area contributed by atoms with Crippen molar-refractivity contribution in [2.75, 3.05) is 0 Å². The molecular formula is C24H23F7N4O3S. The summed E-state index contributed by atoms with van der Waals surface area (Å²) in [5.41, 5.74) is -0.211. The van der Waals surface area contributed by atoms with Crippen molar-refractivity contribution in [3.8, 4) is 11.1 Å². The third-order valence-electron chi connectivity index (χ3n) is 6.13. The van der Waals surface area contributed by atoms with Crippen LogP contribution in [-0.2, 0) is 21.4 Å². The van der Waals surface area contributed by atoms with E-state index in [4.69, 9.17) is 0 Å². The molecule has 212 valence electrons. The van der Waals surface area contributed by atoms with E-state index < -0.39 is 76.9 Å². The number of nitrogens with one attached hydrogen (secondary N) is 1. The number of benzene rings is 2. The number of alkyl halides is 3. The molecule has 15 heteroatoms. The lowest BCUT2D eigenvalue weighted by Gasteiger charge is -2.27. The molecule has 1 aliphatic rings. The van der Waals surface area contributed by atoms with Crippen LogP contribution in [0.5, 0.6) is 0 Å². The zero-order valence-corrected chi connectivity index (χ0v) is 20.8. The van der Waals surface area contributed by atoms with Crippen molar-refractivity contribution >= 4 is 15.9 Å². The lowest BCUT2D eigenvalue weighted by Crippen LogP contribution is -2.48. The van der Waals surface area contributed by atoms with Gasteiger partial charge in [-0.3, -0.25) is 9.50 Å². The van der Waals surface area contributed by atoms with Crippen LogP contribution in [0, 0.1) is 17.5 Å². The van der Waals surface area contributed by atoms with E-state index in [1.54, 1.807) is 0 Å². The number of hydrogen-bond donors (Lipinski definition) is 1. The highest BCUT2D eigenvalue weighted by molar-refractivity contribution is 7.89. The van der Waals surface area contributed by atoms with Crippen LogP contribution in [-0.4, -0.2) is 46.9 Å². The van der Waals surface area contributed by atoms with Crippen LogP contribution < -0.4 is 5.32 Å². The second-order valence-corrected chi connectivity index (χ2v) is 10.4. The topological polar surface area (TPSA) is 92.3 Å². The molecular weight excluding hydrogens is 557 g/mol. The predicted octanol–water partition coefficient (Wildman–Crippen LogP) is 4.70. The quantitative estimate of drug-likeness (QED) is 0.409. The second kappa shape index (κ2) is 11.7. The SMILES string of the molecule is C[C@H]1[C@H](F)C[C@@H](C(=O)NCc2cc(-c3cnc(C(F)F)nc3)cc(F)c2F)N1S(=O)(=O)c1ccc(F)cc1.F.[HH]. The maximum Gasteiger partial charge on any atom is 0.297 e. The van der Waals surface area contributed by atoms with Crippen molar-refractivity contribution < 1.29 is 45.7 Å². The lowest BCUT2D eigenvalue weighted by molar-refractivity contribution is -0.124. The van der Waals surface area contributed by atoms with Gasteiger partial charge in [-0.1, -0.05) is 0 Å². The van der Waals surface area contributed by atoms with E-state index in [2.05, 4.69) is 15.3 Å². The molecule has 0 unspecified atom stereocenters. The first kappa shape index (κ1) is 30.0. The molecule has 3 aromatic rings. The van der Waals surface area contributed by atoms with Crippen LogP contribution >= 0.6 is 0 Å². The first-order valence-electron chi connectivity index (χ1n) is 11.2. The van der Waals surface area contributed by atoms with E-state index in [1.807, 2.05) is 0 Å². The van der Waals surface area contributed by atoms with Gasteiger partial charge < -0.3 is 5.32 Å². The predicted molar refractivity (Wildman–Crippen MR) is 127 cm³/mol. The summed E-state index contributed by atoms with van der Waals surface area (Å²) in [6, 6.07) is 2.99. The maximum absolute atomic E-state index is 14.6. The first-order chi connectivity index (χ1) is 17.9. The smallest absolute Gasteiger partial charge is 0.297 e. The van der Waals surface area contributed by atoms with Crippen molar-refractivity contribution in [3.05, 3.63) is 77.6 Å². The average Bonchev–Trinajstić information content (AvgIpc) is 3.19. The van der Waals surface area contributed by atoms with Gasteiger partial charge in [0.05, 0.1) is 10.9 Å². The second-order valence-electron chi connectivity index (χ2n) is 8.58. The Morgan fingerprint density at radius 2 is 1.72 bits per heavy atom. The van der Waals surface area contributed by atoms with Crippen LogP contribution in [0.2, 0.25) is 0 Å². The van der Waals surface area contributed by atoms with Crippen LogP contribution in [0.25, 0.3) is 11.1 Å². The lowest BCUT2D eigenvalue weighted by atomic mass is 10.0. The molecule has 39 heavy (non-hydrogen) atoms. The van der Waals surface area contributed by atoms with Gasteiger partial charge in [-0.2, -0.15) is 4.31 Å². The third-order valence-corrected chi connectivity index (χ3v) is 8.14. The van der Waals surface area contributed by atoms with Crippen molar-refractivity contribution in [1.29, 1.82) is 0 Å². The van der Waals surface area contributed by atoms with Crippen molar-refractivity contribution in [2.45, 2.75) is 49.5 Å². The van der Waals surface area contributed by atoms with Crippen molar-refractivity contribution in [2.24, 2.45) is 0 Å². The molecule has 0 saturated carbocycles. The molecule has 0 radical (unpaired) electrons. The van der Waals surface area contributed by atoms with Crippen LogP contribution in [0.4, 0.5) is 31.0 Å². The number of halogens is 7. The van der Waals surface area contributed by atoms with Gasteiger partial charge in [0.25, 0.3) is 6.43 Å². The number of carbonyl (C=O) groups is 1. The Morgan fingerprint density at radius 3 is 2.31 bits per heavy atom. The van der Waals surface area contributed by atoms with Gasteiger partial charge in [0.2, 0.25) is 15.9 Å². The Kier molecular flexibility index (Phi) is 8.95. The van der Waals surface area contributed by atoms with Gasteiger partial charge >= 0.3 is 0 Å². The molecule has 1 saturated heterocycles. The van der Waals surface area contributed by atoms with Crippen molar-refractivity contribution in [1.82, 2.24) is 19.6 Å². The number of hydrogen-bond acceptors (Lipinski definition) is 5. The Hall–Kier alpha value is -3.59. The van der Waals surface area contributed by atoms with Crippen LogP contribution in [0.1, 0.15) is 32.6 Å².